The molecule has 2 heterocycles. The smallest absolute Gasteiger partial charge is 0.300 e. The summed E-state index contributed by atoms with van der Waals surface area (Å²) in [6, 6.07) is 21.9. The van der Waals surface area contributed by atoms with Crippen LogP contribution in [-0.2, 0) is 14.4 Å². The highest BCUT2D eigenvalue weighted by Crippen LogP contribution is 2.43. The average Bonchev–Trinajstić information content (AvgIpc) is 3.45. The molecule has 7 nitrogen and oxygen atoms in total. The SMILES string of the molecule is CC(=O)Nc1cccc(N2C(=O)C(=O)/C(=C(\O)c3ccc4ccccc4c3)C2c2ccco2)c1. The number of amides is 2. The zero-order valence-electron chi connectivity index (χ0n) is 18.2. The predicted molar refractivity (Wildman–Crippen MR) is 128 cm³/mol. The number of aliphatic hydroxyl groups is 1. The van der Waals surface area contributed by atoms with Crippen LogP contribution in [-0.4, -0.2) is 22.7 Å². The van der Waals surface area contributed by atoms with Crippen LogP contribution in [0, 0.1) is 0 Å². The number of nitrogens with one attached hydrogen (secondary N) is 1. The van der Waals surface area contributed by atoms with Crippen LogP contribution in [0.3, 0.4) is 0 Å². The summed E-state index contributed by atoms with van der Waals surface area (Å²) in [5, 5.41) is 15.8. The third-order valence-corrected chi connectivity index (χ3v) is 5.72. The fraction of sp³-hybridized carbons (Fsp3) is 0.0741. The summed E-state index contributed by atoms with van der Waals surface area (Å²) >= 11 is 0. The number of Topliss-reactive ketones (excluding diaryl/α,β-unsaturated/α-hetero) is 1. The zero-order chi connectivity index (χ0) is 23.8. The van der Waals surface area contributed by atoms with Crippen molar-refractivity contribution < 1.29 is 23.9 Å². The third kappa shape index (κ3) is 3.63. The molecule has 0 aliphatic carbocycles. The predicted octanol–water partition coefficient (Wildman–Crippen LogP) is 5.02. The van der Waals surface area contributed by atoms with Crippen molar-refractivity contribution in [1.29, 1.82) is 0 Å². The second-order valence-electron chi connectivity index (χ2n) is 7.98. The molecule has 3 aromatic carbocycles. The summed E-state index contributed by atoms with van der Waals surface area (Å²) < 4.78 is 5.59. The normalized spacial score (nSPS) is 17.3. The molecule has 4 aromatic rings. The van der Waals surface area contributed by atoms with Gasteiger partial charge in [-0.25, -0.2) is 0 Å². The monoisotopic (exact) mass is 452 g/mol. The Morgan fingerprint density at radius 1 is 0.941 bits per heavy atom. The number of benzene rings is 3. The molecule has 1 unspecified atom stereocenters. The summed E-state index contributed by atoms with van der Waals surface area (Å²) in [6.07, 6.45) is 1.44. The van der Waals surface area contributed by atoms with Crippen LogP contribution in [0.5, 0.6) is 0 Å². The maximum Gasteiger partial charge on any atom is 0.300 e. The zero-order valence-corrected chi connectivity index (χ0v) is 18.2. The van der Waals surface area contributed by atoms with E-state index in [9.17, 15) is 19.5 Å². The molecule has 1 aliphatic rings. The molecular formula is C27H20N2O5. The van der Waals surface area contributed by atoms with E-state index in [2.05, 4.69) is 5.32 Å². The van der Waals surface area contributed by atoms with Gasteiger partial charge in [0.15, 0.2) is 0 Å². The van der Waals surface area contributed by atoms with E-state index in [-0.39, 0.29) is 17.2 Å². The molecule has 1 fully saturated rings. The number of furan rings is 1. The lowest BCUT2D eigenvalue weighted by Crippen LogP contribution is -2.29. The lowest BCUT2D eigenvalue weighted by atomic mass is 9.97. The number of hydrogen-bond acceptors (Lipinski definition) is 5. The van der Waals surface area contributed by atoms with E-state index in [1.165, 1.54) is 18.1 Å². The summed E-state index contributed by atoms with van der Waals surface area (Å²) in [5.74, 6) is -1.85. The van der Waals surface area contributed by atoms with Gasteiger partial charge in [-0.2, -0.15) is 0 Å². The van der Waals surface area contributed by atoms with Crippen LogP contribution in [0.2, 0.25) is 0 Å². The quantitative estimate of drug-likeness (QED) is 0.257. The topological polar surface area (TPSA) is 99.9 Å². The largest absolute Gasteiger partial charge is 0.507 e. The Morgan fingerprint density at radius 2 is 1.74 bits per heavy atom. The van der Waals surface area contributed by atoms with Gasteiger partial charge in [-0.3, -0.25) is 19.3 Å². The van der Waals surface area contributed by atoms with Crippen molar-refractivity contribution in [3.63, 3.8) is 0 Å². The highest BCUT2D eigenvalue weighted by atomic mass is 16.3. The van der Waals surface area contributed by atoms with Crippen molar-refractivity contribution in [2.24, 2.45) is 0 Å². The van der Waals surface area contributed by atoms with Crippen molar-refractivity contribution in [3.05, 3.63) is 102 Å². The van der Waals surface area contributed by atoms with E-state index in [1.807, 2.05) is 30.3 Å². The number of ketones is 1. The van der Waals surface area contributed by atoms with Gasteiger partial charge in [0.2, 0.25) is 5.91 Å². The molecule has 0 bridgehead atoms. The van der Waals surface area contributed by atoms with Gasteiger partial charge < -0.3 is 14.8 Å². The molecule has 0 saturated carbocycles. The molecular weight excluding hydrogens is 432 g/mol. The molecule has 1 aliphatic heterocycles. The van der Waals surface area contributed by atoms with Gasteiger partial charge >= 0.3 is 0 Å². The van der Waals surface area contributed by atoms with Gasteiger partial charge in [-0.05, 0) is 47.2 Å². The van der Waals surface area contributed by atoms with Gasteiger partial charge in [0.25, 0.3) is 11.7 Å². The summed E-state index contributed by atoms with van der Waals surface area (Å²) in [4.78, 5) is 39.2. The molecule has 2 N–H and O–H groups in total. The molecule has 0 spiro atoms. The number of carbonyl (C=O) groups excluding carboxylic acids is 3. The Hall–Kier alpha value is -4.65. The summed E-state index contributed by atoms with van der Waals surface area (Å²) in [7, 11) is 0. The van der Waals surface area contributed by atoms with Crippen molar-refractivity contribution in [2.75, 3.05) is 10.2 Å². The van der Waals surface area contributed by atoms with Crippen molar-refractivity contribution in [2.45, 2.75) is 13.0 Å². The lowest BCUT2D eigenvalue weighted by molar-refractivity contribution is -0.132. The van der Waals surface area contributed by atoms with Gasteiger partial charge in [0.1, 0.15) is 17.6 Å². The Kier molecular flexibility index (Phi) is 5.22. The van der Waals surface area contributed by atoms with E-state index in [0.29, 0.717) is 22.7 Å². The van der Waals surface area contributed by atoms with E-state index in [0.717, 1.165) is 10.8 Å². The highest BCUT2D eigenvalue weighted by Gasteiger charge is 2.48. The van der Waals surface area contributed by atoms with E-state index in [1.54, 1.807) is 48.5 Å². The number of carbonyl (C=O) groups is 3. The Bertz CT molecular complexity index is 1470. The molecule has 1 aromatic heterocycles. The minimum atomic E-state index is -0.978. The second-order valence-corrected chi connectivity index (χ2v) is 7.98. The van der Waals surface area contributed by atoms with Crippen LogP contribution in [0.15, 0.2) is 95.1 Å². The first-order chi connectivity index (χ1) is 16.4. The van der Waals surface area contributed by atoms with Crippen LogP contribution >= 0.6 is 0 Å². The van der Waals surface area contributed by atoms with Crippen molar-refractivity contribution in [1.82, 2.24) is 0 Å². The maximum atomic E-state index is 13.2. The number of anilines is 2. The Balaban J connectivity index is 1.67. The first kappa shape index (κ1) is 21.2. The van der Waals surface area contributed by atoms with Crippen LogP contribution in [0.25, 0.3) is 16.5 Å². The Labute approximate surface area is 194 Å². The van der Waals surface area contributed by atoms with E-state index < -0.39 is 17.7 Å². The standard InChI is InChI=1S/C27H20N2O5/c1-16(30)28-20-8-4-9-21(15-20)29-24(22-10-5-13-34-22)23(26(32)27(29)33)25(31)19-12-11-17-6-2-3-7-18(17)14-19/h2-15,24,31H,1H3,(H,28,30)/b25-23-. The third-order valence-electron chi connectivity index (χ3n) is 5.72. The molecule has 1 atom stereocenters. The number of aliphatic hydroxyl groups excluding tert-OH is 1. The van der Waals surface area contributed by atoms with Gasteiger partial charge in [0.05, 0.1) is 11.8 Å². The molecule has 5 rings (SSSR count). The first-order valence-electron chi connectivity index (χ1n) is 10.7. The van der Waals surface area contributed by atoms with Crippen LogP contribution in [0.4, 0.5) is 11.4 Å². The minimum Gasteiger partial charge on any atom is -0.507 e. The van der Waals surface area contributed by atoms with Gasteiger partial charge in [-0.1, -0.05) is 42.5 Å². The van der Waals surface area contributed by atoms with Crippen LogP contribution < -0.4 is 10.2 Å². The summed E-state index contributed by atoms with van der Waals surface area (Å²) in [5.41, 5.74) is 1.20. The molecule has 34 heavy (non-hydrogen) atoms. The van der Waals surface area contributed by atoms with Crippen molar-refractivity contribution in [3.8, 4) is 0 Å². The maximum absolute atomic E-state index is 13.2. The average molecular weight is 452 g/mol. The summed E-state index contributed by atoms with van der Waals surface area (Å²) in [6.45, 7) is 1.38. The molecule has 1 saturated heterocycles. The number of rotatable bonds is 4. The minimum absolute atomic E-state index is 0.0693. The highest BCUT2D eigenvalue weighted by molar-refractivity contribution is 6.51. The lowest BCUT2D eigenvalue weighted by Gasteiger charge is -2.24. The van der Waals surface area contributed by atoms with Crippen molar-refractivity contribution >= 4 is 45.5 Å². The van der Waals surface area contributed by atoms with Gasteiger partial charge in [-0.15, -0.1) is 0 Å². The molecule has 168 valence electrons. The fourth-order valence-corrected chi connectivity index (χ4v) is 4.24. The van der Waals surface area contributed by atoms with E-state index >= 15 is 0 Å². The van der Waals surface area contributed by atoms with E-state index in [4.69, 9.17) is 4.42 Å². The number of hydrogen-bond donors (Lipinski definition) is 2. The Morgan fingerprint density at radius 3 is 2.47 bits per heavy atom. The second kappa shape index (κ2) is 8.37. The first-order valence-corrected chi connectivity index (χ1v) is 10.7. The van der Waals surface area contributed by atoms with Gasteiger partial charge in [0, 0.05) is 23.9 Å². The van der Waals surface area contributed by atoms with Crippen LogP contribution in [0.1, 0.15) is 24.3 Å². The fourth-order valence-electron chi connectivity index (χ4n) is 4.24. The molecule has 2 amide bonds. The molecule has 7 heteroatoms. The molecule has 0 radical (unpaired) electrons. The number of fused-ring (bicyclic) bond motifs is 1. The number of nitrogens with zero attached hydrogens (tertiary/aromatic N) is 1.